The van der Waals surface area contributed by atoms with E-state index in [-0.39, 0.29) is 24.5 Å². The van der Waals surface area contributed by atoms with Gasteiger partial charge in [-0.15, -0.1) is 0 Å². The van der Waals surface area contributed by atoms with Gasteiger partial charge in [-0.05, 0) is 34.9 Å². The molecule has 0 saturated heterocycles. The molecule has 4 heteroatoms. The Bertz CT molecular complexity index is 738. The molecule has 0 spiro atoms. The van der Waals surface area contributed by atoms with Gasteiger partial charge in [-0.2, -0.15) is 0 Å². The predicted octanol–water partition coefficient (Wildman–Crippen LogP) is 2.44. The summed E-state index contributed by atoms with van der Waals surface area (Å²) in [7, 11) is 1.64. The topological polar surface area (TPSA) is 58.6 Å². The van der Waals surface area contributed by atoms with Crippen molar-refractivity contribution >= 4 is 16.7 Å². The van der Waals surface area contributed by atoms with E-state index in [1.165, 1.54) is 0 Å². The average molecular weight is 311 g/mol. The molecule has 0 saturated carbocycles. The Balaban J connectivity index is 1.73. The van der Waals surface area contributed by atoms with Crippen LogP contribution in [0.3, 0.4) is 0 Å². The number of aliphatic hydroxyl groups excluding tert-OH is 1. The number of carbonyl (C=O) groups is 1. The first-order chi connectivity index (χ1) is 11.2. The van der Waals surface area contributed by atoms with E-state index in [0.29, 0.717) is 6.42 Å². The monoisotopic (exact) mass is 311 g/mol. The van der Waals surface area contributed by atoms with Gasteiger partial charge in [0.15, 0.2) is 0 Å². The van der Waals surface area contributed by atoms with Gasteiger partial charge >= 0.3 is 0 Å². The smallest absolute Gasteiger partial charge is 0.224 e. The Hall–Kier alpha value is -2.33. The number of hydrogen-bond acceptors (Lipinski definition) is 3. The average Bonchev–Trinajstić information content (AvgIpc) is 3.02. The maximum absolute atomic E-state index is 12.3. The number of hydrogen-bond donors (Lipinski definition) is 2. The summed E-state index contributed by atoms with van der Waals surface area (Å²) in [5.74, 6) is 0.936. The Kier molecular flexibility index (Phi) is 4.63. The highest BCUT2D eigenvalue weighted by Gasteiger charge is 2.20. The Morgan fingerprint density at radius 2 is 2.17 bits per heavy atom. The van der Waals surface area contributed by atoms with Crippen molar-refractivity contribution in [2.45, 2.75) is 18.9 Å². The molecule has 4 nitrogen and oxygen atoms in total. The number of nitrogens with one attached hydrogen (secondary N) is 1. The van der Waals surface area contributed by atoms with Gasteiger partial charge in [0.05, 0.1) is 13.5 Å². The van der Waals surface area contributed by atoms with Crippen molar-refractivity contribution in [1.29, 1.82) is 0 Å². The lowest BCUT2D eigenvalue weighted by Crippen LogP contribution is -2.34. The van der Waals surface area contributed by atoms with Crippen molar-refractivity contribution in [3.63, 3.8) is 0 Å². The number of ether oxygens (including phenoxy) is 1. The molecule has 1 aliphatic rings. The van der Waals surface area contributed by atoms with Gasteiger partial charge in [-0.3, -0.25) is 4.79 Å². The predicted molar refractivity (Wildman–Crippen MR) is 90.5 cm³/mol. The molecule has 2 N–H and O–H groups in total. The molecule has 0 bridgehead atoms. The number of fused-ring (bicyclic) bond motifs is 1. The van der Waals surface area contributed by atoms with Crippen LogP contribution in [0.2, 0.25) is 0 Å². The number of benzene rings is 2. The van der Waals surface area contributed by atoms with Gasteiger partial charge in [0.1, 0.15) is 5.75 Å². The van der Waals surface area contributed by atoms with Crippen LogP contribution in [0.1, 0.15) is 12.0 Å². The molecule has 120 valence electrons. The van der Waals surface area contributed by atoms with Gasteiger partial charge in [0.25, 0.3) is 0 Å². The summed E-state index contributed by atoms with van der Waals surface area (Å²) >= 11 is 0. The first kappa shape index (κ1) is 15.6. The number of methoxy groups -OCH3 is 1. The van der Waals surface area contributed by atoms with Crippen LogP contribution in [0.4, 0.5) is 0 Å². The molecule has 0 aromatic heterocycles. The van der Waals surface area contributed by atoms with E-state index in [9.17, 15) is 4.79 Å². The summed E-state index contributed by atoms with van der Waals surface area (Å²) in [4.78, 5) is 12.3. The Morgan fingerprint density at radius 1 is 1.30 bits per heavy atom. The van der Waals surface area contributed by atoms with Crippen LogP contribution in [0, 0.1) is 5.92 Å². The van der Waals surface area contributed by atoms with Crippen molar-refractivity contribution in [2.75, 3.05) is 13.7 Å². The van der Waals surface area contributed by atoms with Crippen LogP contribution in [-0.4, -0.2) is 30.8 Å². The highest BCUT2D eigenvalue weighted by atomic mass is 16.5. The fourth-order valence-corrected chi connectivity index (χ4v) is 3.05. The summed E-state index contributed by atoms with van der Waals surface area (Å²) in [5.41, 5.74) is 0.986. The molecular formula is C19H21NO3. The fraction of sp³-hybridized carbons (Fsp3) is 0.316. The van der Waals surface area contributed by atoms with Gasteiger partial charge in [-0.25, -0.2) is 0 Å². The van der Waals surface area contributed by atoms with Gasteiger partial charge in [-0.1, -0.05) is 36.4 Å². The third-order valence-electron chi connectivity index (χ3n) is 4.28. The standard InChI is InChI=1S/C19H21NO3/c1-23-17-8-6-14-3-2-4-15(18(14)11-17)10-19(22)20-16-7-5-13(9-16)12-21/h2-8,11,13,16,21H,9-10,12H2,1H3,(H,20,22)/t13-,16+/m0/s1. The van der Waals surface area contributed by atoms with E-state index >= 15 is 0 Å². The molecule has 0 aliphatic heterocycles. The van der Waals surface area contributed by atoms with Gasteiger partial charge in [0.2, 0.25) is 5.91 Å². The molecule has 0 radical (unpaired) electrons. The van der Waals surface area contributed by atoms with Crippen LogP contribution in [0.5, 0.6) is 5.75 Å². The molecule has 2 atom stereocenters. The lowest BCUT2D eigenvalue weighted by atomic mass is 10.0. The summed E-state index contributed by atoms with van der Waals surface area (Å²) in [6, 6.07) is 11.9. The minimum atomic E-state index is -0.00596. The van der Waals surface area contributed by atoms with E-state index < -0.39 is 0 Å². The highest BCUT2D eigenvalue weighted by molar-refractivity contribution is 5.91. The molecular weight excluding hydrogens is 290 g/mol. The van der Waals surface area contributed by atoms with Crippen LogP contribution in [0.15, 0.2) is 48.6 Å². The number of carbonyl (C=O) groups excluding carboxylic acids is 1. The summed E-state index contributed by atoms with van der Waals surface area (Å²) in [6.07, 6.45) is 5.03. The first-order valence-electron chi connectivity index (χ1n) is 7.84. The number of rotatable bonds is 5. The van der Waals surface area contributed by atoms with Crippen molar-refractivity contribution in [2.24, 2.45) is 5.92 Å². The minimum absolute atomic E-state index is 0.00596. The zero-order chi connectivity index (χ0) is 16.2. The van der Waals surface area contributed by atoms with E-state index in [2.05, 4.69) is 5.32 Å². The lowest BCUT2D eigenvalue weighted by molar-refractivity contribution is -0.120. The van der Waals surface area contributed by atoms with Crippen LogP contribution < -0.4 is 10.1 Å². The van der Waals surface area contributed by atoms with Crippen molar-refractivity contribution in [1.82, 2.24) is 5.32 Å². The van der Waals surface area contributed by atoms with Crippen LogP contribution in [0.25, 0.3) is 10.8 Å². The van der Waals surface area contributed by atoms with Gasteiger partial charge < -0.3 is 15.2 Å². The molecule has 0 unspecified atom stereocenters. The Labute approximate surface area is 135 Å². The SMILES string of the molecule is COc1ccc2cccc(CC(=O)N[C@@H]3C=C[C@H](CO)C3)c2c1. The number of amides is 1. The summed E-state index contributed by atoms with van der Waals surface area (Å²) in [6.45, 7) is 0.131. The molecule has 23 heavy (non-hydrogen) atoms. The summed E-state index contributed by atoms with van der Waals surface area (Å²) < 4.78 is 5.28. The van der Waals surface area contributed by atoms with E-state index in [4.69, 9.17) is 9.84 Å². The van der Waals surface area contributed by atoms with E-state index in [1.807, 2.05) is 48.6 Å². The third kappa shape index (κ3) is 3.54. The van der Waals surface area contributed by atoms with Gasteiger partial charge in [0, 0.05) is 18.6 Å². The largest absolute Gasteiger partial charge is 0.497 e. The quantitative estimate of drug-likeness (QED) is 0.834. The van der Waals surface area contributed by atoms with E-state index in [0.717, 1.165) is 28.5 Å². The molecule has 3 rings (SSSR count). The second-order valence-corrected chi connectivity index (χ2v) is 5.92. The minimum Gasteiger partial charge on any atom is -0.497 e. The zero-order valence-corrected chi connectivity index (χ0v) is 13.2. The molecule has 2 aromatic rings. The lowest BCUT2D eigenvalue weighted by Gasteiger charge is -2.14. The van der Waals surface area contributed by atoms with Crippen LogP contribution in [-0.2, 0) is 11.2 Å². The van der Waals surface area contributed by atoms with Crippen LogP contribution >= 0.6 is 0 Å². The highest BCUT2D eigenvalue weighted by Crippen LogP contribution is 2.24. The molecule has 1 amide bonds. The zero-order valence-electron chi connectivity index (χ0n) is 13.2. The van der Waals surface area contributed by atoms with Crippen molar-refractivity contribution in [3.8, 4) is 5.75 Å². The molecule has 0 fully saturated rings. The maximum atomic E-state index is 12.3. The Morgan fingerprint density at radius 3 is 2.91 bits per heavy atom. The number of aliphatic hydroxyl groups is 1. The first-order valence-corrected chi connectivity index (χ1v) is 7.84. The fourth-order valence-electron chi connectivity index (χ4n) is 3.05. The second kappa shape index (κ2) is 6.84. The molecule has 1 aliphatic carbocycles. The normalized spacial score (nSPS) is 19.9. The molecule has 2 aromatic carbocycles. The molecule has 0 heterocycles. The van der Waals surface area contributed by atoms with Crippen molar-refractivity contribution in [3.05, 3.63) is 54.1 Å². The summed E-state index contributed by atoms with van der Waals surface area (Å²) in [5, 5.41) is 14.3. The third-order valence-corrected chi connectivity index (χ3v) is 4.28. The van der Waals surface area contributed by atoms with Crippen molar-refractivity contribution < 1.29 is 14.6 Å². The van der Waals surface area contributed by atoms with E-state index in [1.54, 1.807) is 7.11 Å². The maximum Gasteiger partial charge on any atom is 0.224 e. The second-order valence-electron chi connectivity index (χ2n) is 5.92.